The summed E-state index contributed by atoms with van der Waals surface area (Å²) in [5.74, 6) is 1.43. The number of hydrogen-bond acceptors (Lipinski definition) is 5. The fraction of sp³-hybridized carbons (Fsp3) is 0.462. The molecule has 0 aliphatic carbocycles. The maximum Gasteiger partial charge on any atom is 0.231 e. The highest BCUT2D eigenvalue weighted by atomic mass is 16.5. The Kier molecular flexibility index (Phi) is 4.04. The molecule has 0 saturated heterocycles. The van der Waals surface area contributed by atoms with E-state index in [1.54, 1.807) is 12.4 Å². The van der Waals surface area contributed by atoms with Gasteiger partial charge in [-0.25, -0.2) is 0 Å². The lowest BCUT2D eigenvalue weighted by atomic mass is 9.99. The van der Waals surface area contributed by atoms with Crippen molar-refractivity contribution in [3.8, 4) is 0 Å². The van der Waals surface area contributed by atoms with E-state index in [0.29, 0.717) is 18.1 Å². The minimum Gasteiger partial charge on any atom is -0.339 e. The van der Waals surface area contributed by atoms with Gasteiger partial charge < -0.3 is 10.3 Å². The molecule has 0 saturated carbocycles. The Labute approximate surface area is 106 Å². The van der Waals surface area contributed by atoms with E-state index in [2.05, 4.69) is 22.0 Å². The highest BCUT2D eigenvalue weighted by molar-refractivity contribution is 5.14. The quantitative estimate of drug-likeness (QED) is 0.871. The smallest absolute Gasteiger partial charge is 0.231 e. The average Bonchev–Trinajstić information content (AvgIpc) is 2.79. The Morgan fingerprint density at radius 1 is 1.44 bits per heavy atom. The zero-order chi connectivity index (χ0) is 13.0. The second-order valence-electron chi connectivity index (χ2n) is 4.46. The topological polar surface area (TPSA) is 77.8 Å². The van der Waals surface area contributed by atoms with Crippen LogP contribution in [0, 0.1) is 0 Å². The van der Waals surface area contributed by atoms with Gasteiger partial charge in [0.25, 0.3) is 0 Å². The van der Waals surface area contributed by atoms with Gasteiger partial charge in [-0.1, -0.05) is 18.1 Å². The molecule has 18 heavy (non-hydrogen) atoms. The predicted molar refractivity (Wildman–Crippen MR) is 68.0 cm³/mol. The van der Waals surface area contributed by atoms with Crippen molar-refractivity contribution >= 4 is 0 Å². The Balaban J connectivity index is 2.11. The van der Waals surface area contributed by atoms with Gasteiger partial charge in [-0.15, -0.1) is 0 Å². The molecular formula is C13H18N4O. The minimum atomic E-state index is 0.0155. The van der Waals surface area contributed by atoms with E-state index >= 15 is 0 Å². The first-order valence-corrected chi connectivity index (χ1v) is 6.17. The molecule has 5 nitrogen and oxygen atoms in total. The van der Waals surface area contributed by atoms with Crippen molar-refractivity contribution in [2.45, 2.75) is 38.6 Å². The van der Waals surface area contributed by atoms with Crippen molar-refractivity contribution in [3.05, 3.63) is 41.8 Å². The molecule has 0 aliphatic rings. The molecule has 0 spiro atoms. The third-order valence-corrected chi connectivity index (χ3v) is 2.96. The average molecular weight is 246 g/mol. The standard InChI is InChI=1S/C13H18N4O/c1-3-11(9(2)14)13-16-12(17-18-13)7-10-5-4-6-15-8-10/h4-6,8-9,11H,3,7,14H2,1-2H3. The monoisotopic (exact) mass is 246 g/mol. The van der Waals surface area contributed by atoms with E-state index in [0.717, 1.165) is 12.0 Å². The zero-order valence-electron chi connectivity index (χ0n) is 10.7. The summed E-state index contributed by atoms with van der Waals surface area (Å²) in [6.45, 7) is 4.03. The van der Waals surface area contributed by atoms with Gasteiger partial charge in [0.15, 0.2) is 5.82 Å². The van der Waals surface area contributed by atoms with E-state index < -0.39 is 0 Å². The van der Waals surface area contributed by atoms with Crippen molar-refractivity contribution in [3.63, 3.8) is 0 Å². The van der Waals surface area contributed by atoms with Crippen LogP contribution < -0.4 is 5.73 Å². The van der Waals surface area contributed by atoms with Gasteiger partial charge in [-0.05, 0) is 25.0 Å². The third kappa shape index (κ3) is 2.92. The van der Waals surface area contributed by atoms with Crippen LogP contribution in [0.2, 0.25) is 0 Å². The normalized spacial score (nSPS) is 14.4. The molecule has 5 heteroatoms. The van der Waals surface area contributed by atoms with Crippen LogP contribution in [0.5, 0.6) is 0 Å². The molecule has 2 heterocycles. The molecule has 2 N–H and O–H groups in total. The molecule has 0 aromatic carbocycles. The summed E-state index contributed by atoms with van der Waals surface area (Å²) in [5.41, 5.74) is 6.97. The molecule has 0 bridgehead atoms. The molecule has 0 amide bonds. The van der Waals surface area contributed by atoms with Gasteiger partial charge >= 0.3 is 0 Å². The summed E-state index contributed by atoms with van der Waals surface area (Å²) in [6, 6.07) is 3.90. The first-order chi connectivity index (χ1) is 8.70. The van der Waals surface area contributed by atoms with Gasteiger partial charge in [-0.3, -0.25) is 4.98 Å². The Hall–Kier alpha value is -1.75. The minimum absolute atomic E-state index is 0.0155. The lowest BCUT2D eigenvalue weighted by Crippen LogP contribution is -2.24. The molecule has 96 valence electrons. The zero-order valence-corrected chi connectivity index (χ0v) is 10.7. The predicted octanol–water partition coefficient (Wildman–Crippen LogP) is 1.90. The summed E-state index contributed by atoms with van der Waals surface area (Å²) in [5, 5.41) is 3.99. The summed E-state index contributed by atoms with van der Waals surface area (Å²) >= 11 is 0. The van der Waals surface area contributed by atoms with Crippen LogP contribution in [-0.2, 0) is 6.42 Å². The van der Waals surface area contributed by atoms with Crippen molar-refractivity contribution in [2.24, 2.45) is 5.73 Å². The molecule has 2 aromatic rings. The van der Waals surface area contributed by atoms with Crippen LogP contribution in [0.4, 0.5) is 0 Å². The van der Waals surface area contributed by atoms with Crippen LogP contribution in [0.3, 0.4) is 0 Å². The first kappa shape index (κ1) is 12.7. The van der Waals surface area contributed by atoms with E-state index in [9.17, 15) is 0 Å². The van der Waals surface area contributed by atoms with Gasteiger partial charge in [0.2, 0.25) is 5.89 Å². The molecule has 0 aliphatic heterocycles. The van der Waals surface area contributed by atoms with Crippen LogP contribution in [0.25, 0.3) is 0 Å². The number of rotatable bonds is 5. The second kappa shape index (κ2) is 5.73. The number of aromatic nitrogens is 3. The SMILES string of the molecule is CCC(c1nc(Cc2cccnc2)no1)C(C)N. The summed E-state index contributed by atoms with van der Waals surface area (Å²) in [7, 11) is 0. The van der Waals surface area contributed by atoms with E-state index in [4.69, 9.17) is 10.3 Å². The largest absolute Gasteiger partial charge is 0.339 e. The van der Waals surface area contributed by atoms with Crippen LogP contribution in [-0.4, -0.2) is 21.2 Å². The van der Waals surface area contributed by atoms with Crippen LogP contribution in [0.15, 0.2) is 29.0 Å². The van der Waals surface area contributed by atoms with Gasteiger partial charge in [0, 0.05) is 24.9 Å². The van der Waals surface area contributed by atoms with E-state index in [-0.39, 0.29) is 12.0 Å². The Morgan fingerprint density at radius 3 is 2.89 bits per heavy atom. The molecular weight excluding hydrogens is 228 g/mol. The van der Waals surface area contributed by atoms with E-state index in [1.165, 1.54) is 0 Å². The Morgan fingerprint density at radius 2 is 2.28 bits per heavy atom. The molecule has 0 radical (unpaired) electrons. The van der Waals surface area contributed by atoms with Crippen molar-refractivity contribution in [2.75, 3.05) is 0 Å². The maximum absolute atomic E-state index is 5.90. The number of nitrogens with two attached hydrogens (primary N) is 1. The van der Waals surface area contributed by atoms with Crippen LogP contribution >= 0.6 is 0 Å². The lowest BCUT2D eigenvalue weighted by Gasteiger charge is -2.13. The molecule has 0 fully saturated rings. The summed E-state index contributed by atoms with van der Waals surface area (Å²) < 4.78 is 5.29. The summed E-state index contributed by atoms with van der Waals surface area (Å²) in [6.07, 6.45) is 5.08. The summed E-state index contributed by atoms with van der Waals surface area (Å²) in [4.78, 5) is 8.47. The van der Waals surface area contributed by atoms with Crippen LogP contribution in [0.1, 0.15) is 43.5 Å². The first-order valence-electron chi connectivity index (χ1n) is 6.17. The highest BCUT2D eigenvalue weighted by Crippen LogP contribution is 2.20. The molecule has 2 rings (SSSR count). The van der Waals surface area contributed by atoms with Gasteiger partial charge in [0.1, 0.15) is 0 Å². The Bertz CT molecular complexity index is 481. The van der Waals surface area contributed by atoms with Crippen molar-refractivity contribution in [1.82, 2.24) is 15.1 Å². The molecule has 2 aromatic heterocycles. The highest BCUT2D eigenvalue weighted by Gasteiger charge is 2.20. The lowest BCUT2D eigenvalue weighted by molar-refractivity contribution is 0.331. The fourth-order valence-corrected chi connectivity index (χ4v) is 1.95. The number of pyridine rings is 1. The molecule has 2 unspecified atom stereocenters. The molecule has 2 atom stereocenters. The third-order valence-electron chi connectivity index (χ3n) is 2.96. The maximum atomic E-state index is 5.90. The number of nitrogens with zero attached hydrogens (tertiary/aromatic N) is 3. The van der Waals surface area contributed by atoms with Crippen molar-refractivity contribution < 1.29 is 4.52 Å². The second-order valence-corrected chi connectivity index (χ2v) is 4.46. The van der Waals surface area contributed by atoms with Crippen molar-refractivity contribution in [1.29, 1.82) is 0 Å². The van der Waals surface area contributed by atoms with E-state index in [1.807, 2.05) is 19.1 Å². The fourth-order valence-electron chi connectivity index (χ4n) is 1.95. The van der Waals surface area contributed by atoms with Gasteiger partial charge in [0.05, 0.1) is 5.92 Å². The van der Waals surface area contributed by atoms with Gasteiger partial charge in [-0.2, -0.15) is 4.98 Å². The number of hydrogen-bond donors (Lipinski definition) is 1.